The minimum absolute atomic E-state index is 0.865. The Labute approximate surface area is 290 Å². The van der Waals surface area contributed by atoms with Crippen molar-refractivity contribution < 1.29 is 8.83 Å². The molecule has 11 aromatic rings. The zero-order valence-corrected chi connectivity index (χ0v) is 27.6. The van der Waals surface area contributed by atoms with Crippen LogP contribution in [-0.4, -0.2) is 0 Å². The summed E-state index contributed by atoms with van der Waals surface area (Å²) in [5.41, 5.74) is 9.03. The third-order valence-electron chi connectivity index (χ3n) is 10.0. The Morgan fingerprint density at radius 3 is 1.80 bits per heavy atom. The second-order valence-corrected chi connectivity index (χ2v) is 14.0. The number of fused-ring (bicyclic) bond motifs is 10. The molecule has 50 heavy (non-hydrogen) atoms. The van der Waals surface area contributed by atoms with Gasteiger partial charge in [-0.2, -0.15) is 0 Å². The molecule has 0 aliphatic carbocycles. The zero-order chi connectivity index (χ0) is 32.8. The van der Waals surface area contributed by atoms with Crippen molar-refractivity contribution in [3.8, 4) is 11.1 Å². The summed E-state index contributed by atoms with van der Waals surface area (Å²) < 4.78 is 15.2. The Hall–Kier alpha value is -6.36. The predicted octanol–water partition coefficient (Wildman–Crippen LogP) is 14.1. The first-order valence-corrected chi connectivity index (χ1v) is 17.6. The SMILES string of the molecule is c1ccc2c(c1)oc1cc(N(c3ccc(-c4ccc5cc6c(cc5c4)sc4ccccc46)cc3)c3ccc4oc5ccccc5c4c3)ccc12. The molecule has 3 heterocycles. The van der Waals surface area contributed by atoms with Gasteiger partial charge in [0, 0.05) is 64.8 Å². The molecule has 0 radical (unpaired) electrons. The van der Waals surface area contributed by atoms with Crippen LogP contribution in [0, 0.1) is 0 Å². The second-order valence-electron chi connectivity index (χ2n) is 12.9. The quantitative estimate of drug-likeness (QED) is 0.189. The van der Waals surface area contributed by atoms with Gasteiger partial charge >= 0.3 is 0 Å². The molecule has 0 saturated carbocycles. The number of nitrogens with zero attached hydrogens (tertiary/aromatic N) is 1. The van der Waals surface area contributed by atoms with Crippen molar-refractivity contribution in [3.05, 3.63) is 164 Å². The first-order valence-electron chi connectivity index (χ1n) is 16.8. The fourth-order valence-corrected chi connectivity index (χ4v) is 8.74. The fourth-order valence-electron chi connectivity index (χ4n) is 7.60. The van der Waals surface area contributed by atoms with Gasteiger partial charge < -0.3 is 13.7 Å². The van der Waals surface area contributed by atoms with Crippen LogP contribution in [0.4, 0.5) is 17.1 Å². The maximum absolute atomic E-state index is 6.35. The minimum atomic E-state index is 0.865. The van der Waals surface area contributed by atoms with Gasteiger partial charge in [-0.25, -0.2) is 0 Å². The molecule has 8 aromatic carbocycles. The molecule has 0 spiro atoms. The van der Waals surface area contributed by atoms with Crippen molar-refractivity contribution in [2.24, 2.45) is 0 Å². The normalized spacial score (nSPS) is 12.0. The fraction of sp³-hybridized carbons (Fsp3) is 0. The van der Waals surface area contributed by atoms with Crippen LogP contribution in [0.25, 0.3) is 85.9 Å². The Balaban J connectivity index is 1.04. The highest BCUT2D eigenvalue weighted by Gasteiger charge is 2.18. The van der Waals surface area contributed by atoms with E-state index in [0.717, 1.165) is 60.9 Å². The molecule has 0 aliphatic rings. The van der Waals surface area contributed by atoms with Gasteiger partial charge in [0.2, 0.25) is 0 Å². The summed E-state index contributed by atoms with van der Waals surface area (Å²) >= 11 is 1.86. The van der Waals surface area contributed by atoms with E-state index >= 15 is 0 Å². The van der Waals surface area contributed by atoms with Crippen molar-refractivity contribution in [2.45, 2.75) is 0 Å². The molecule has 4 heteroatoms. The number of hydrogen-bond donors (Lipinski definition) is 0. The van der Waals surface area contributed by atoms with Crippen molar-refractivity contribution in [3.63, 3.8) is 0 Å². The first kappa shape index (κ1) is 27.6. The molecular formula is C46H27NO2S. The molecule has 0 amide bonds. The summed E-state index contributed by atoms with van der Waals surface area (Å²) in [6, 6.07) is 58.5. The summed E-state index contributed by atoms with van der Waals surface area (Å²) in [7, 11) is 0. The molecule has 0 saturated heterocycles. The van der Waals surface area contributed by atoms with E-state index in [2.05, 4.69) is 144 Å². The zero-order valence-electron chi connectivity index (χ0n) is 26.8. The number of anilines is 3. The summed E-state index contributed by atoms with van der Waals surface area (Å²) in [5, 5.41) is 9.61. The molecule has 0 aliphatic heterocycles. The molecule has 234 valence electrons. The topological polar surface area (TPSA) is 29.5 Å². The summed E-state index contributed by atoms with van der Waals surface area (Å²) in [6.07, 6.45) is 0. The van der Waals surface area contributed by atoms with Crippen molar-refractivity contribution >= 4 is 103 Å². The number of benzene rings is 8. The maximum atomic E-state index is 6.35. The first-order chi connectivity index (χ1) is 24.7. The average molecular weight is 658 g/mol. The van der Waals surface area contributed by atoms with Crippen molar-refractivity contribution in [2.75, 3.05) is 4.90 Å². The lowest BCUT2D eigenvalue weighted by atomic mass is 9.99. The van der Waals surface area contributed by atoms with Gasteiger partial charge in [-0.3, -0.25) is 0 Å². The van der Waals surface area contributed by atoms with E-state index in [1.165, 1.54) is 42.1 Å². The Morgan fingerprint density at radius 1 is 0.340 bits per heavy atom. The number of rotatable bonds is 4. The molecule has 3 nitrogen and oxygen atoms in total. The number of thiophene rings is 1. The van der Waals surface area contributed by atoms with E-state index in [9.17, 15) is 0 Å². The smallest absolute Gasteiger partial charge is 0.137 e. The Bertz CT molecular complexity index is 3110. The van der Waals surface area contributed by atoms with Gasteiger partial charge in [0.05, 0.1) is 0 Å². The number of furan rings is 2. The van der Waals surface area contributed by atoms with E-state index in [1.54, 1.807) is 0 Å². The predicted molar refractivity (Wildman–Crippen MR) is 212 cm³/mol. The van der Waals surface area contributed by atoms with Gasteiger partial charge in [0.15, 0.2) is 0 Å². The van der Waals surface area contributed by atoms with Crippen LogP contribution in [0.5, 0.6) is 0 Å². The van der Waals surface area contributed by atoms with E-state index in [1.807, 2.05) is 35.6 Å². The highest BCUT2D eigenvalue weighted by molar-refractivity contribution is 7.25. The van der Waals surface area contributed by atoms with Crippen LogP contribution in [-0.2, 0) is 0 Å². The van der Waals surface area contributed by atoms with Crippen LogP contribution in [0.15, 0.2) is 173 Å². The van der Waals surface area contributed by atoms with Gasteiger partial charge in [0.25, 0.3) is 0 Å². The third kappa shape index (κ3) is 4.22. The second kappa shape index (κ2) is 10.6. The van der Waals surface area contributed by atoms with Crippen LogP contribution in [0.3, 0.4) is 0 Å². The van der Waals surface area contributed by atoms with Crippen molar-refractivity contribution in [1.29, 1.82) is 0 Å². The monoisotopic (exact) mass is 657 g/mol. The molecule has 0 atom stereocenters. The van der Waals surface area contributed by atoms with Gasteiger partial charge in [-0.05, 0) is 101 Å². The molecule has 3 aromatic heterocycles. The maximum Gasteiger partial charge on any atom is 0.137 e. The van der Waals surface area contributed by atoms with Crippen molar-refractivity contribution in [1.82, 2.24) is 0 Å². The van der Waals surface area contributed by atoms with Gasteiger partial charge in [-0.1, -0.05) is 78.9 Å². The van der Waals surface area contributed by atoms with E-state index in [-0.39, 0.29) is 0 Å². The lowest BCUT2D eigenvalue weighted by Gasteiger charge is -2.25. The summed E-state index contributed by atoms with van der Waals surface area (Å²) in [5.74, 6) is 0. The molecule has 0 bridgehead atoms. The van der Waals surface area contributed by atoms with Gasteiger partial charge in [-0.15, -0.1) is 11.3 Å². The van der Waals surface area contributed by atoms with E-state index in [0.29, 0.717) is 0 Å². The largest absolute Gasteiger partial charge is 0.456 e. The summed E-state index contributed by atoms with van der Waals surface area (Å²) in [4.78, 5) is 2.30. The molecule has 0 fully saturated rings. The Kier molecular flexibility index (Phi) is 5.83. The average Bonchev–Trinajstić information content (AvgIpc) is 3.84. The number of para-hydroxylation sites is 2. The van der Waals surface area contributed by atoms with Crippen LogP contribution >= 0.6 is 11.3 Å². The highest BCUT2D eigenvalue weighted by atomic mass is 32.1. The van der Waals surface area contributed by atoms with E-state index < -0.39 is 0 Å². The standard InChI is InChI=1S/C46H27NO2S/c1-4-10-41-35(7-1)37-21-19-34(27-44(37)49-41)47(33-20-22-43-39(26-33)36-8-2-5-11-42(36)48-43)32-17-15-28(16-18-32)29-13-14-30-24-40-38-9-3-6-12-45(38)50-46(40)25-31(30)23-29/h1-27H. The van der Waals surface area contributed by atoms with Crippen LogP contribution < -0.4 is 4.90 Å². The van der Waals surface area contributed by atoms with Gasteiger partial charge in [0.1, 0.15) is 22.3 Å². The molecule has 0 unspecified atom stereocenters. The minimum Gasteiger partial charge on any atom is -0.456 e. The highest BCUT2D eigenvalue weighted by Crippen LogP contribution is 2.42. The van der Waals surface area contributed by atoms with Crippen LogP contribution in [0.2, 0.25) is 0 Å². The lowest BCUT2D eigenvalue weighted by molar-refractivity contribution is 0.668. The molecule has 0 N–H and O–H groups in total. The lowest BCUT2D eigenvalue weighted by Crippen LogP contribution is -2.09. The van der Waals surface area contributed by atoms with Crippen LogP contribution in [0.1, 0.15) is 0 Å². The Morgan fingerprint density at radius 2 is 0.960 bits per heavy atom. The van der Waals surface area contributed by atoms with E-state index in [4.69, 9.17) is 8.83 Å². The molecular weight excluding hydrogens is 631 g/mol. The third-order valence-corrected chi connectivity index (χ3v) is 11.2. The number of hydrogen-bond acceptors (Lipinski definition) is 4. The molecule has 11 rings (SSSR count). The summed E-state index contributed by atoms with van der Waals surface area (Å²) in [6.45, 7) is 0.